The molecule has 0 spiro atoms. The molecule has 10 heteroatoms. The fourth-order valence-electron chi connectivity index (χ4n) is 4.61. The highest BCUT2D eigenvalue weighted by Crippen LogP contribution is 2.30. The fourth-order valence-corrected chi connectivity index (χ4v) is 4.61. The van der Waals surface area contributed by atoms with Gasteiger partial charge in [0.1, 0.15) is 0 Å². The molecular formula is C25H34F5N3O2. The highest BCUT2D eigenvalue weighted by molar-refractivity contribution is 5.85. The second-order valence-electron chi connectivity index (χ2n) is 9.81. The van der Waals surface area contributed by atoms with E-state index >= 15 is 0 Å². The highest BCUT2D eigenvalue weighted by Gasteiger charge is 2.28. The number of pyridine rings is 1. The summed E-state index contributed by atoms with van der Waals surface area (Å²) in [5.41, 5.74) is 2.04. The Hall–Kier alpha value is -2.10. The Bertz CT molecular complexity index is 862. The maximum atomic E-state index is 13.0. The lowest BCUT2D eigenvalue weighted by Gasteiger charge is -2.28. The molecule has 196 valence electrons. The van der Waals surface area contributed by atoms with Gasteiger partial charge in [0.25, 0.3) is 5.92 Å². The molecule has 35 heavy (non-hydrogen) atoms. The number of alkyl halides is 5. The van der Waals surface area contributed by atoms with Crippen LogP contribution in [0.25, 0.3) is 0 Å². The number of hydrogen-bond acceptors (Lipinski definition) is 4. The second kappa shape index (κ2) is 12.2. The van der Waals surface area contributed by atoms with E-state index in [9.17, 15) is 26.7 Å². The molecule has 1 aliphatic carbocycles. The van der Waals surface area contributed by atoms with Crippen LogP contribution in [0.15, 0.2) is 17.1 Å². The first-order chi connectivity index (χ1) is 16.5. The minimum atomic E-state index is -4.33. The number of hydrogen-bond donors (Lipinski definition) is 0. The van der Waals surface area contributed by atoms with Gasteiger partial charge in [-0.25, -0.2) is 18.8 Å². The minimum absolute atomic E-state index is 0.156. The largest absolute Gasteiger partial charge is 0.471 e. The van der Waals surface area contributed by atoms with E-state index in [0.29, 0.717) is 5.92 Å². The van der Waals surface area contributed by atoms with E-state index in [4.69, 9.17) is 4.74 Å². The average Bonchev–Trinajstić information content (AvgIpc) is 3.00. The number of carbonyl (C=O) groups is 1. The van der Waals surface area contributed by atoms with Crippen molar-refractivity contribution in [2.24, 2.45) is 16.8 Å². The van der Waals surface area contributed by atoms with Crippen LogP contribution in [0.1, 0.15) is 63.1 Å². The molecule has 2 heterocycles. The van der Waals surface area contributed by atoms with Gasteiger partial charge in [-0.15, -0.1) is 0 Å². The number of rotatable bonds is 9. The third kappa shape index (κ3) is 10.2. The van der Waals surface area contributed by atoms with Crippen LogP contribution in [-0.4, -0.2) is 60.3 Å². The van der Waals surface area contributed by atoms with Crippen LogP contribution < -0.4 is 4.74 Å². The molecule has 1 aromatic heterocycles. The zero-order valence-corrected chi connectivity index (χ0v) is 20.1. The molecule has 5 nitrogen and oxygen atoms in total. The second-order valence-corrected chi connectivity index (χ2v) is 9.81. The van der Waals surface area contributed by atoms with Crippen molar-refractivity contribution in [2.45, 2.75) is 76.8 Å². The molecule has 0 bridgehead atoms. The van der Waals surface area contributed by atoms with Gasteiger partial charge in [0.15, 0.2) is 6.61 Å². The molecule has 1 fully saturated rings. The summed E-state index contributed by atoms with van der Waals surface area (Å²) in [6.45, 7) is 2.88. The standard InChI is InChI=1S/C25H34F5N3O2/c1-24(26,27)17-35-23-7-6-20-10-14-33(15-11-21(20)32-23)13-9-18-2-4-19(5-3-18)16-31-22(34)8-12-25(28,29)30/h6-7,16,18-19H,2-5,8-15,17H2,1H3. The van der Waals surface area contributed by atoms with Crippen molar-refractivity contribution < 1.29 is 31.5 Å². The summed E-state index contributed by atoms with van der Waals surface area (Å²) in [5, 5.41) is 0. The Kier molecular flexibility index (Phi) is 9.61. The van der Waals surface area contributed by atoms with E-state index in [-0.39, 0.29) is 11.8 Å². The Morgan fingerprint density at radius 1 is 1.14 bits per heavy atom. The normalized spacial score (nSPS) is 22.1. The molecule has 0 unspecified atom stereocenters. The van der Waals surface area contributed by atoms with Crippen molar-refractivity contribution in [3.8, 4) is 5.88 Å². The van der Waals surface area contributed by atoms with Gasteiger partial charge in [-0.3, -0.25) is 4.79 Å². The fraction of sp³-hybridized carbons (Fsp3) is 0.720. The Morgan fingerprint density at radius 3 is 2.54 bits per heavy atom. The molecule has 0 atom stereocenters. The van der Waals surface area contributed by atoms with Gasteiger partial charge in [0, 0.05) is 50.8 Å². The summed E-state index contributed by atoms with van der Waals surface area (Å²) in [6, 6.07) is 3.58. The van der Waals surface area contributed by atoms with Crippen molar-refractivity contribution in [3.63, 3.8) is 0 Å². The van der Waals surface area contributed by atoms with Crippen molar-refractivity contribution in [2.75, 3.05) is 26.2 Å². The molecule has 2 aliphatic rings. The smallest absolute Gasteiger partial charge is 0.389 e. The van der Waals surface area contributed by atoms with Crippen LogP contribution in [0.4, 0.5) is 22.0 Å². The maximum absolute atomic E-state index is 13.0. The highest BCUT2D eigenvalue weighted by atomic mass is 19.4. The van der Waals surface area contributed by atoms with Crippen molar-refractivity contribution in [3.05, 3.63) is 23.4 Å². The lowest BCUT2D eigenvalue weighted by atomic mass is 9.81. The first kappa shape index (κ1) is 27.5. The van der Waals surface area contributed by atoms with Gasteiger partial charge in [0.2, 0.25) is 11.8 Å². The van der Waals surface area contributed by atoms with Crippen LogP contribution in [0.3, 0.4) is 0 Å². The van der Waals surface area contributed by atoms with Crippen molar-refractivity contribution >= 4 is 12.1 Å². The number of aromatic nitrogens is 1. The number of fused-ring (bicyclic) bond motifs is 1. The summed E-state index contributed by atoms with van der Waals surface area (Å²) < 4.78 is 67.8. The Morgan fingerprint density at radius 2 is 1.86 bits per heavy atom. The van der Waals surface area contributed by atoms with E-state index in [1.165, 1.54) is 0 Å². The summed E-state index contributed by atoms with van der Waals surface area (Å²) >= 11 is 0. The first-order valence-electron chi connectivity index (χ1n) is 12.3. The van der Waals surface area contributed by atoms with Gasteiger partial charge >= 0.3 is 6.18 Å². The van der Waals surface area contributed by atoms with Crippen LogP contribution in [0.2, 0.25) is 0 Å². The lowest BCUT2D eigenvalue weighted by molar-refractivity contribution is -0.142. The van der Waals surface area contributed by atoms with Crippen LogP contribution >= 0.6 is 0 Å². The molecule has 1 aromatic rings. The monoisotopic (exact) mass is 503 g/mol. The molecule has 0 N–H and O–H groups in total. The summed E-state index contributed by atoms with van der Waals surface area (Å²) in [6.07, 6.45) is 2.02. The van der Waals surface area contributed by atoms with Gasteiger partial charge in [-0.1, -0.05) is 6.07 Å². The van der Waals surface area contributed by atoms with Gasteiger partial charge in [-0.2, -0.15) is 13.2 Å². The summed E-state index contributed by atoms with van der Waals surface area (Å²) in [4.78, 5) is 22.1. The van der Waals surface area contributed by atoms with E-state index in [2.05, 4.69) is 14.9 Å². The summed E-state index contributed by atoms with van der Waals surface area (Å²) in [7, 11) is 0. The van der Waals surface area contributed by atoms with Gasteiger partial charge < -0.3 is 9.64 Å². The van der Waals surface area contributed by atoms with E-state index in [0.717, 1.165) is 82.8 Å². The number of nitrogens with zero attached hydrogens (tertiary/aromatic N) is 3. The quantitative estimate of drug-likeness (QED) is 0.323. The predicted octanol–water partition coefficient (Wildman–Crippen LogP) is 5.65. The molecule has 1 aliphatic heterocycles. The molecule has 0 aromatic carbocycles. The Balaban J connectivity index is 1.36. The number of amides is 1. The SMILES string of the molecule is CC(F)(F)COc1ccc2c(n1)CCN(CCC1CCC(C=NC(=O)CCC(F)(F)F)CC1)CC2. The molecule has 1 saturated carbocycles. The molecule has 0 saturated heterocycles. The van der Waals surface area contributed by atoms with Gasteiger partial charge in [0.05, 0.1) is 6.42 Å². The molecule has 0 radical (unpaired) electrons. The Labute approximate surface area is 203 Å². The van der Waals surface area contributed by atoms with E-state index in [1.807, 2.05) is 6.07 Å². The average molecular weight is 504 g/mol. The number of carbonyl (C=O) groups excluding carboxylic acids is 1. The molecule has 3 rings (SSSR count). The zero-order chi connectivity index (χ0) is 25.5. The van der Waals surface area contributed by atoms with Gasteiger partial charge in [-0.05, 0) is 62.5 Å². The van der Waals surface area contributed by atoms with Crippen molar-refractivity contribution in [1.29, 1.82) is 0 Å². The zero-order valence-electron chi connectivity index (χ0n) is 20.1. The molecule has 1 amide bonds. The summed E-state index contributed by atoms with van der Waals surface area (Å²) in [5.74, 6) is -2.63. The number of halogens is 5. The third-order valence-electron chi connectivity index (χ3n) is 6.68. The van der Waals surface area contributed by atoms with Crippen LogP contribution in [0.5, 0.6) is 5.88 Å². The first-order valence-corrected chi connectivity index (χ1v) is 12.3. The topological polar surface area (TPSA) is 54.8 Å². The third-order valence-corrected chi connectivity index (χ3v) is 6.68. The predicted molar refractivity (Wildman–Crippen MR) is 123 cm³/mol. The number of ether oxygens (including phenoxy) is 1. The van der Waals surface area contributed by atoms with Crippen LogP contribution in [-0.2, 0) is 17.6 Å². The minimum Gasteiger partial charge on any atom is -0.471 e. The lowest BCUT2D eigenvalue weighted by Crippen LogP contribution is -2.29. The van der Waals surface area contributed by atoms with E-state index in [1.54, 1.807) is 12.3 Å². The van der Waals surface area contributed by atoms with Crippen LogP contribution in [0, 0.1) is 11.8 Å². The maximum Gasteiger partial charge on any atom is 0.389 e. The van der Waals surface area contributed by atoms with E-state index < -0.39 is 37.5 Å². The van der Waals surface area contributed by atoms with Crippen molar-refractivity contribution in [1.82, 2.24) is 9.88 Å². The number of aliphatic imine (C=N–C) groups is 1. The molecular weight excluding hydrogens is 469 g/mol.